The van der Waals surface area contributed by atoms with E-state index >= 15 is 0 Å². The quantitative estimate of drug-likeness (QED) is 0.748. The van der Waals surface area contributed by atoms with E-state index < -0.39 is 5.97 Å². The number of hydrogen-bond acceptors (Lipinski definition) is 4. The molecule has 0 aromatic heterocycles. The maximum atomic E-state index is 12.1. The molecule has 2 amide bonds. The summed E-state index contributed by atoms with van der Waals surface area (Å²) in [5.41, 5.74) is 0. The Bertz CT molecular complexity index is 350. The SMILES string of the molecule is CCN(CC(=O)O)C(=O)N1CCC(C(=O)OC)CC1. The van der Waals surface area contributed by atoms with Gasteiger partial charge in [-0.05, 0) is 19.8 Å². The molecule has 1 N–H and O–H groups in total. The first kappa shape index (κ1) is 15.3. The number of aliphatic carboxylic acids is 1. The van der Waals surface area contributed by atoms with E-state index in [1.54, 1.807) is 11.8 Å². The average Bonchev–Trinajstić information content (AvgIpc) is 2.43. The van der Waals surface area contributed by atoms with Gasteiger partial charge >= 0.3 is 18.0 Å². The molecule has 0 aromatic carbocycles. The van der Waals surface area contributed by atoms with Crippen LogP contribution in [0.1, 0.15) is 19.8 Å². The molecule has 0 aliphatic carbocycles. The van der Waals surface area contributed by atoms with E-state index in [2.05, 4.69) is 4.74 Å². The van der Waals surface area contributed by atoms with Crippen LogP contribution in [0.25, 0.3) is 0 Å². The van der Waals surface area contributed by atoms with Crippen molar-refractivity contribution in [2.24, 2.45) is 5.92 Å². The summed E-state index contributed by atoms with van der Waals surface area (Å²) in [4.78, 5) is 37.0. The number of amides is 2. The zero-order valence-corrected chi connectivity index (χ0v) is 11.3. The smallest absolute Gasteiger partial charge is 0.323 e. The number of esters is 1. The zero-order valence-electron chi connectivity index (χ0n) is 11.3. The molecule has 0 aromatic rings. The summed E-state index contributed by atoms with van der Waals surface area (Å²) >= 11 is 0. The van der Waals surface area contributed by atoms with Gasteiger partial charge in [0.1, 0.15) is 6.54 Å². The monoisotopic (exact) mass is 272 g/mol. The first-order valence-corrected chi connectivity index (χ1v) is 6.33. The van der Waals surface area contributed by atoms with Crippen molar-refractivity contribution in [3.63, 3.8) is 0 Å². The van der Waals surface area contributed by atoms with E-state index in [1.807, 2.05) is 0 Å². The number of likely N-dealkylation sites (tertiary alicyclic amines) is 1. The summed E-state index contributed by atoms with van der Waals surface area (Å²) in [6.07, 6.45) is 1.12. The largest absolute Gasteiger partial charge is 0.480 e. The van der Waals surface area contributed by atoms with Crippen LogP contribution < -0.4 is 0 Å². The van der Waals surface area contributed by atoms with Crippen LogP contribution >= 0.6 is 0 Å². The molecule has 7 heteroatoms. The maximum absolute atomic E-state index is 12.1. The number of carbonyl (C=O) groups excluding carboxylic acids is 2. The number of carboxylic acid groups (broad SMARTS) is 1. The van der Waals surface area contributed by atoms with Gasteiger partial charge in [0.15, 0.2) is 0 Å². The molecule has 7 nitrogen and oxygen atoms in total. The van der Waals surface area contributed by atoms with Crippen molar-refractivity contribution in [3.05, 3.63) is 0 Å². The second-order valence-electron chi connectivity index (χ2n) is 4.47. The molecule has 0 spiro atoms. The molecule has 1 rings (SSSR count). The van der Waals surface area contributed by atoms with Gasteiger partial charge in [0.2, 0.25) is 0 Å². The number of carboxylic acids is 1. The fourth-order valence-corrected chi connectivity index (χ4v) is 2.15. The molecule has 1 aliphatic heterocycles. The van der Waals surface area contributed by atoms with Gasteiger partial charge in [-0.25, -0.2) is 4.79 Å². The highest BCUT2D eigenvalue weighted by Gasteiger charge is 2.30. The Balaban J connectivity index is 2.52. The van der Waals surface area contributed by atoms with Crippen LogP contribution in [-0.2, 0) is 14.3 Å². The van der Waals surface area contributed by atoms with Crippen LogP contribution in [0.5, 0.6) is 0 Å². The average molecular weight is 272 g/mol. The fourth-order valence-electron chi connectivity index (χ4n) is 2.15. The molecule has 108 valence electrons. The van der Waals surface area contributed by atoms with Gasteiger partial charge < -0.3 is 19.6 Å². The van der Waals surface area contributed by atoms with Crippen molar-refractivity contribution in [2.45, 2.75) is 19.8 Å². The predicted molar refractivity (Wildman–Crippen MR) is 66.6 cm³/mol. The lowest BCUT2D eigenvalue weighted by atomic mass is 9.97. The number of ether oxygens (including phenoxy) is 1. The van der Waals surface area contributed by atoms with Crippen molar-refractivity contribution in [2.75, 3.05) is 33.3 Å². The highest BCUT2D eigenvalue weighted by atomic mass is 16.5. The van der Waals surface area contributed by atoms with Gasteiger partial charge in [0.25, 0.3) is 0 Å². The molecule has 1 fully saturated rings. The standard InChI is InChI=1S/C12H20N2O5/c1-3-13(8-10(15)16)12(18)14-6-4-9(5-7-14)11(17)19-2/h9H,3-8H2,1-2H3,(H,15,16). The van der Waals surface area contributed by atoms with E-state index in [1.165, 1.54) is 12.0 Å². The Hall–Kier alpha value is -1.79. The number of rotatable bonds is 4. The second kappa shape index (κ2) is 6.96. The maximum Gasteiger partial charge on any atom is 0.323 e. The van der Waals surface area contributed by atoms with E-state index in [9.17, 15) is 14.4 Å². The third-order valence-electron chi connectivity index (χ3n) is 3.28. The van der Waals surface area contributed by atoms with Crippen molar-refractivity contribution in [1.82, 2.24) is 9.80 Å². The number of likely N-dealkylation sites (N-methyl/N-ethyl adjacent to an activating group) is 1. The summed E-state index contributed by atoms with van der Waals surface area (Å²) in [5.74, 6) is -1.44. The second-order valence-corrected chi connectivity index (χ2v) is 4.47. The van der Waals surface area contributed by atoms with Gasteiger partial charge in [-0.3, -0.25) is 9.59 Å². The van der Waals surface area contributed by atoms with Gasteiger partial charge in [-0.2, -0.15) is 0 Å². The zero-order chi connectivity index (χ0) is 14.4. The number of nitrogens with zero attached hydrogens (tertiary/aromatic N) is 2. The summed E-state index contributed by atoms with van der Waals surface area (Å²) in [6, 6.07) is -0.284. The van der Waals surface area contributed by atoms with Crippen LogP contribution in [0.4, 0.5) is 4.79 Å². The third kappa shape index (κ3) is 4.11. The Kier molecular flexibility index (Phi) is 5.59. The Morgan fingerprint density at radius 2 is 1.89 bits per heavy atom. The molecular weight excluding hydrogens is 252 g/mol. The van der Waals surface area contributed by atoms with E-state index in [0.29, 0.717) is 32.5 Å². The number of urea groups is 1. The Labute approximate surface area is 112 Å². The van der Waals surface area contributed by atoms with Crippen LogP contribution in [0.3, 0.4) is 0 Å². The van der Waals surface area contributed by atoms with Crippen LogP contribution in [0, 0.1) is 5.92 Å². The molecular formula is C12H20N2O5. The van der Waals surface area contributed by atoms with Gasteiger partial charge in [0.05, 0.1) is 13.0 Å². The first-order chi connectivity index (χ1) is 8.99. The van der Waals surface area contributed by atoms with Crippen molar-refractivity contribution in [1.29, 1.82) is 0 Å². The highest BCUT2D eigenvalue weighted by molar-refractivity contribution is 5.80. The summed E-state index contributed by atoms with van der Waals surface area (Å²) in [7, 11) is 1.35. The van der Waals surface area contributed by atoms with Gasteiger partial charge in [0, 0.05) is 19.6 Å². The number of carbonyl (C=O) groups is 3. The van der Waals surface area contributed by atoms with E-state index in [-0.39, 0.29) is 24.5 Å². The topological polar surface area (TPSA) is 87.2 Å². The van der Waals surface area contributed by atoms with Gasteiger partial charge in [-0.15, -0.1) is 0 Å². The number of methoxy groups -OCH3 is 1. The molecule has 1 aliphatic rings. The lowest BCUT2D eigenvalue weighted by Gasteiger charge is -2.34. The van der Waals surface area contributed by atoms with Crippen molar-refractivity contribution < 1.29 is 24.2 Å². The first-order valence-electron chi connectivity index (χ1n) is 6.33. The molecule has 0 saturated carbocycles. The minimum atomic E-state index is -1.03. The fraction of sp³-hybridized carbons (Fsp3) is 0.750. The minimum absolute atomic E-state index is 0.163. The van der Waals surface area contributed by atoms with E-state index in [0.717, 1.165) is 0 Å². The molecule has 1 saturated heterocycles. The lowest BCUT2D eigenvalue weighted by Crippen LogP contribution is -2.48. The Morgan fingerprint density at radius 1 is 1.32 bits per heavy atom. The number of piperidine rings is 1. The highest BCUT2D eigenvalue weighted by Crippen LogP contribution is 2.19. The summed E-state index contributed by atoms with van der Waals surface area (Å²) < 4.78 is 4.68. The van der Waals surface area contributed by atoms with Crippen molar-refractivity contribution >= 4 is 18.0 Å². The molecule has 1 heterocycles. The predicted octanol–water partition coefficient (Wildman–Crippen LogP) is 0.398. The third-order valence-corrected chi connectivity index (χ3v) is 3.28. The Morgan fingerprint density at radius 3 is 2.32 bits per heavy atom. The van der Waals surface area contributed by atoms with E-state index in [4.69, 9.17) is 5.11 Å². The van der Waals surface area contributed by atoms with Crippen LogP contribution in [-0.4, -0.2) is 66.2 Å². The molecule has 0 bridgehead atoms. The van der Waals surface area contributed by atoms with Crippen molar-refractivity contribution in [3.8, 4) is 0 Å². The molecule has 0 unspecified atom stereocenters. The lowest BCUT2D eigenvalue weighted by molar-refractivity contribution is -0.146. The van der Waals surface area contributed by atoms with Crippen LogP contribution in [0.2, 0.25) is 0 Å². The molecule has 0 atom stereocenters. The summed E-state index contributed by atoms with van der Waals surface area (Å²) in [6.45, 7) is 2.69. The summed E-state index contributed by atoms with van der Waals surface area (Å²) in [5, 5.41) is 8.74. The molecule has 19 heavy (non-hydrogen) atoms. The number of hydrogen-bond donors (Lipinski definition) is 1. The van der Waals surface area contributed by atoms with Gasteiger partial charge in [-0.1, -0.05) is 0 Å². The molecule has 0 radical (unpaired) electrons. The minimum Gasteiger partial charge on any atom is -0.480 e. The normalized spacial score (nSPS) is 16.0. The van der Waals surface area contributed by atoms with Crippen LogP contribution in [0.15, 0.2) is 0 Å².